The van der Waals surface area contributed by atoms with E-state index in [0.29, 0.717) is 25.3 Å². The lowest BCUT2D eigenvalue weighted by atomic mass is 9.73. The van der Waals surface area contributed by atoms with Crippen LogP contribution in [0.1, 0.15) is 30.7 Å². The molecule has 0 radical (unpaired) electrons. The number of likely N-dealkylation sites (tertiary alicyclic amines) is 1. The van der Waals surface area contributed by atoms with Crippen LogP contribution < -0.4 is 10.5 Å². The van der Waals surface area contributed by atoms with Gasteiger partial charge in [0.25, 0.3) is 0 Å². The van der Waals surface area contributed by atoms with E-state index < -0.39 is 17.6 Å². The Morgan fingerprint density at radius 1 is 1.20 bits per heavy atom. The normalized spacial score (nSPS) is 25.1. The number of aromatic nitrogens is 2. The quantitative estimate of drug-likeness (QED) is 0.677. The number of primary amides is 1. The molecule has 1 aromatic heterocycles. The van der Waals surface area contributed by atoms with E-state index in [2.05, 4.69) is 9.55 Å². The van der Waals surface area contributed by atoms with Crippen molar-refractivity contribution in [3.63, 3.8) is 0 Å². The van der Waals surface area contributed by atoms with E-state index in [1.54, 1.807) is 4.90 Å². The summed E-state index contributed by atoms with van der Waals surface area (Å²) in [5, 5.41) is 0. The topological polar surface area (TPSA) is 90.5 Å². The van der Waals surface area contributed by atoms with Crippen LogP contribution in [0.5, 0.6) is 5.75 Å². The summed E-state index contributed by atoms with van der Waals surface area (Å²) in [6, 6.07) is 15.5. The summed E-state index contributed by atoms with van der Waals surface area (Å²) in [5.74, 6) is -0.411. The Balaban J connectivity index is 1.51. The molecule has 1 fully saturated rings. The summed E-state index contributed by atoms with van der Waals surface area (Å²) in [6.45, 7) is 4.82. The number of carbonyl (C=O) groups is 2. The van der Waals surface area contributed by atoms with Gasteiger partial charge in [-0.25, -0.2) is 4.98 Å². The van der Waals surface area contributed by atoms with Gasteiger partial charge in [0, 0.05) is 25.4 Å². The van der Waals surface area contributed by atoms with Gasteiger partial charge in [-0.05, 0) is 37.6 Å². The van der Waals surface area contributed by atoms with E-state index >= 15 is 0 Å². The van der Waals surface area contributed by atoms with Crippen molar-refractivity contribution >= 4 is 22.8 Å². The molecule has 2 bridgehead atoms. The van der Waals surface area contributed by atoms with Gasteiger partial charge in [-0.3, -0.25) is 9.59 Å². The Hall–Kier alpha value is -3.35. The Kier molecular flexibility index (Phi) is 4.10. The fraction of sp³-hybridized carbons (Fsp3) is 0.348. The maximum atomic E-state index is 13.4. The van der Waals surface area contributed by atoms with Gasteiger partial charge in [0.1, 0.15) is 17.5 Å². The van der Waals surface area contributed by atoms with E-state index in [1.165, 1.54) is 0 Å². The van der Waals surface area contributed by atoms with Crippen LogP contribution in [-0.2, 0) is 16.1 Å². The molecule has 2 aliphatic rings. The van der Waals surface area contributed by atoms with Gasteiger partial charge in [0.2, 0.25) is 11.8 Å². The number of para-hydroxylation sites is 3. The number of imidazole rings is 1. The molecular weight excluding hydrogens is 380 g/mol. The van der Waals surface area contributed by atoms with Crippen molar-refractivity contribution in [2.45, 2.75) is 38.5 Å². The fourth-order valence-electron chi connectivity index (χ4n) is 5.06. The van der Waals surface area contributed by atoms with E-state index in [0.717, 1.165) is 22.4 Å². The highest BCUT2D eigenvalue weighted by Crippen LogP contribution is 2.49. The van der Waals surface area contributed by atoms with Crippen LogP contribution in [0.25, 0.3) is 11.0 Å². The van der Waals surface area contributed by atoms with Crippen molar-refractivity contribution in [3.05, 3.63) is 59.9 Å². The number of fused-ring (bicyclic) bond motifs is 5. The Morgan fingerprint density at radius 2 is 1.93 bits per heavy atom. The number of benzene rings is 2. The summed E-state index contributed by atoms with van der Waals surface area (Å²) in [5.41, 5.74) is 7.69. The fourth-order valence-corrected chi connectivity index (χ4v) is 5.06. The second kappa shape index (κ2) is 6.58. The zero-order valence-corrected chi connectivity index (χ0v) is 17.0. The second-order valence-corrected chi connectivity index (χ2v) is 8.29. The molecule has 3 heterocycles. The van der Waals surface area contributed by atoms with Crippen LogP contribution in [0.3, 0.4) is 0 Å². The van der Waals surface area contributed by atoms with Gasteiger partial charge in [0.15, 0.2) is 5.72 Å². The summed E-state index contributed by atoms with van der Waals surface area (Å²) < 4.78 is 8.41. The number of hydrogen-bond donors (Lipinski definition) is 1. The molecule has 3 aromatic rings. The molecule has 30 heavy (non-hydrogen) atoms. The lowest BCUT2D eigenvalue weighted by Crippen LogP contribution is -2.65. The molecule has 0 aliphatic carbocycles. The van der Waals surface area contributed by atoms with Crippen LogP contribution in [0, 0.1) is 12.8 Å². The molecule has 1 saturated heterocycles. The molecule has 2 aromatic carbocycles. The van der Waals surface area contributed by atoms with Crippen LogP contribution in [0.4, 0.5) is 0 Å². The molecule has 3 unspecified atom stereocenters. The highest BCUT2D eigenvalue weighted by atomic mass is 16.5. The van der Waals surface area contributed by atoms with E-state index in [4.69, 9.17) is 10.5 Å². The predicted octanol–water partition coefficient (Wildman–Crippen LogP) is 2.57. The molecule has 154 valence electrons. The number of amides is 2. The zero-order chi connectivity index (χ0) is 21.0. The first-order valence-electron chi connectivity index (χ1n) is 10.2. The standard InChI is InChI=1S/C23H24N4O3/c1-14-25-17-8-4-5-9-18(17)26(14)11-12-27-22(29)20(21(24)28)16-13-23(27,2)30-19-10-6-3-7-15(16)19/h3-10,16,20H,11-13H2,1-2H3,(H2,24,28). The van der Waals surface area contributed by atoms with E-state index in [-0.39, 0.29) is 11.8 Å². The SMILES string of the molecule is Cc1nc2ccccc2n1CCN1C(=O)C(C(N)=O)C2CC1(C)Oc1ccccc12. The molecule has 7 nitrogen and oxygen atoms in total. The molecule has 5 rings (SSSR count). The summed E-state index contributed by atoms with van der Waals surface area (Å²) in [4.78, 5) is 32.0. The number of ether oxygens (including phenoxy) is 1. The molecular formula is C23H24N4O3. The molecule has 3 atom stereocenters. The summed E-state index contributed by atoms with van der Waals surface area (Å²) in [6.07, 6.45) is 0.535. The van der Waals surface area contributed by atoms with Gasteiger partial charge in [-0.2, -0.15) is 0 Å². The number of nitrogens with zero attached hydrogens (tertiary/aromatic N) is 3. The monoisotopic (exact) mass is 404 g/mol. The van der Waals surface area contributed by atoms with Crippen LogP contribution in [-0.4, -0.2) is 38.5 Å². The highest BCUT2D eigenvalue weighted by Gasteiger charge is 2.55. The highest BCUT2D eigenvalue weighted by molar-refractivity contribution is 6.01. The van der Waals surface area contributed by atoms with Crippen molar-refractivity contribution in [2.24, 2.45) is 11.7 Å². The van der Waals surface area contributed by atoms with Gasteiger partial charge in [-0.1, -0.05) is 30.3 Å². The second-order valence-electron chi connectivity index (χ2n) is 8.29. The van der Waals surface area contributed by atoms with Crippen molar-refractivity contribution in [2.75, 3.05) is 6.54 Å². The number of hydrogen-bond acceptors (Lipinski definition) is 4. The minimum atomic E-state index is -0.885. The minimum absolute atomic E-state index is 0.266. The van der Waals surface area contributed by atoms with E-state index in [1.807, 2.05) is 62.4 Å². The van der Waals surface area contributed by atoms with Gasteiger partial charge in [0.05, 0.1) is 11.0 Å². The average Bonchev–Trinajstić information content (AvgIpc) is 3.02. The number of carbonyl (C=O) groups excluding carboxylic acids is 2. The third-order valence-electron chi connectivity index (χ3n) is 6.45. The largest absolute Gasteiger partial charge is 0.468 e. The van der Waals surface area contributed by atoms with Crippen LogP contribution in [0.15, 0.2) is 48.5 Å². The minimum Gasteiger partial charge on any atom is -0.468 e. The van der Waals surface area contributed by atoms with Crippen LogP contribution >= 0.6 is 0 Å². The third kappa shape index (κ3) is 2.69. The van der Waals surface area contributed by atoms with Crippen molar-refractivity contribution in [1.29, 1.82) is 0 Å². The third-order valence-corrected chi connectivity index (χ3v) is 6.45. The lowest BCUT2D eigenvalue weighted by molar-refractivity contribution is -0.175. The van der Waals surface area contributed by atoms with Gasteiger partial charge >= 0.3 is 0 Å². The molecule has 0 spiro atoms. The number of nitrogens with two attached hydrogens (primary N) is 1. The maximum absolute atomic E-state index is 13.4. The smallest absolute Gasteiger partial charge is 0.238 e. The zero-order valence-electron chi connectivity index (χ0n) is 17.0. The number of aryl methyl sites for hydroxylation is 1. The van der Waals surface area contributed by atoms with Crippen molar-refractivity contribution in [1.82, 2.24) is 14.5 Å². The van der Waals surface area contributed by atoms with Gasteiger partial charge < -0.3 is 19.9 Å². The first kappa shape index (κ1) is 18.7. The van der Waals surface area contributed by atoms with Crippen molar-refractivity contribution < 1.29 is 14.3 Å². The van der Waals surface area contributed by atoms with Crippen molar-refractivity contribution in [3.8, 4) is 5.75 Å². The molecule has 0 saturated carbocycles. The van der Waals surface area contributed by atoms with E-state index in [9.17, 15) is 9.59 Å². The Labute approximate surface area is 174 Å². The first-order chi connectivity index (χ1) is 14.4. The maximum Gasteiger partial charge on any atom is 0.238 e. The lowest BCUT2D eigenvalue weighted by Gasteiger charge is -2.52. The first-order valence-corrected chi connectivity index (χ1v) is 10.2. The van der Waals surface area contributed by atoms with Gasteiger partial charge in [-0.15, -0.1) is 0 Å². The molecule has 2 aliphatic heterocycles. The average molecular weight is 404 g/mol. The molecule has 2 amide bonds. The Morgan fingerprint density at radius 3 is 2.73 bits per heavy atom. The molecule has 7 heteroatoms. The summed E-state index contributed by atoms with van der Waals surface area (Å²) >= 11 is 0. The number of piperidine rings is 1. The molecule has 2 N–H and O–H groups in total. The predicted molar refractivity (Wildman–Crippen MR) is 112 cm³/mol. The number of rotatable bonds is 4. The summed E-state index contributed by atoms with van der Waals surface area (Å²) in [7, 11) is 0. The van der Waals surface area contributed by atoms with Crippen LogP contribution in [0.2, 0.25) is 0 Å². The Bertz CT molecular complexity index is 1170.